The molecule has 1 N–H and O–H groups in total. The Labute approximate surface area is 164 Å². The lowest BCUT2D eigenvalue weighted by Crippen LogP contribution is -2.28. The molecular formula is C20H18BrN3O3. The van der Waals surface area contributed by atoms with E-state index in [1.807, 2.05) is 42.5 Å². The molecule has 0 spiro atoms. The molecule has 0 fully saturated rings. The van der Waals surface area contributed by atoms with Crippen LogP contribution in [-0.2, 0) is 13.0 Å². The Bertz CT molecular complexity index is 1080. The first kappa shape index (κ1) is 17.6. The molecule has 0 radical (unpaired) electrons. The van der Waals surface area contributed by atoms with Gasteiger partial charge in [0.1, 0.15) is 5.82 Å². The number of aryl methyl sites for hydroxylation is 1. The zero-order valence-electron chi connectivity index (χ0n) is 15.0. The predicted molar refractivity (Wildman–Crippen MR) is 108 cm³/mol. The molecule has 0 saturated carbocycles. The summed E-state index contributed by atoms with van der Waals surface area (Å²) in [5.41, 5.74) is 3.45. The molecule has 138 valence electrons. The highest BCUT2D eigenvalue weighted by atomic mass is 79.9. The maximum Gasteiger partial charge on any atom is 0.350 e. The van der Waals surface area contributed by atoms with E-state index in [-0.39, 0.29) is 5.69 Å². The molecule has 2 aromatic carbocycles. The number of anilines is 2. The smallest absolute Gasteiger partial charge is 0.350 e. The minimum atomic E-state index is -0.275. The first-order chi connectivity index (χ1) is 13.1. The van der Waals surface area contributed by atoms with Gasteiger partial charge in [-0.05, 0) is 52.2 Å². The van der Waals surface area contributed by atoms with E-state index in [2.05, 4.69) is 26.2 Å². The molecule has 27 heavy (non-hydrogen) atoms. The summed E-state index contributed by atoms with van der Waals surface area (Å²) < 4.78 is 13.4. The summed E-state index contributed by atoms with van der Waals surface area (Å²) in [6, 6.07) is 13.5. The molecule has 3 aromatic rings. The number of para-hydroxylation sites is 1. The average molecular weight is 428 g/mol. The summed E-state index contributed by atoms with van der Waals surface area (Å²) in [6.45, 7) is 0.582. The molecule has 1 aromatic heterocycles. The van der Waals surface area contributed by atoms with Gasteiger partial charge in [0.25, 0.3) is 0 Å². The number of benzene rings is 2. The van der Waals surface area contributed by atoms with E-state index >= 15 is 0 Å². The number of halogens is 1. The van der Waals surface area contributed by atoms with Gasteiger partial charge in [0.2, 0.25) is 0 Å². The molecule has 0 bridgehead atoms. The largest absolute Gasteiger partial charge is 0.493 e. The Morgan fingerprint density at radius 3 is 2.59 bits per heavy atom. The lowest BCUT2D eigenvalue weighted by Gasteiger charge is -2.23. The Kier molecular flexibility index (Phi) is 4.61. The van der Waals surface area contributed by atoms with Crippen LogP contribution in [0.25, 0.3) is 11.3 Å². The van der Waals surface area contributed by atoms with Gasteiger partial charge < -0.3 is 14.8 Å². The predicted octanol–water partition coefficient (Wildman–Crippen LogP) is 3.99. The van der Waals surface area contributed by atoms with Gasteiger partial charge >= 0.3 is 5.69 Å². The number of nitrogens with one attached hydrogen (secondary N) is 1. The fraction of sp³-hybridized carbons (Fsp3) is 0.200. The quantitative estimate of drug-likeness (QED) is 0.681. The number of fused-ring (bicyclic) bond motifs is 3. The zero-order chi connectivity index (χ0) is 19.0. The number of aromatic nitrogens is 2. The van der Waals surface area contributed by atoms with Crippen LogP contribution in [0.2, 0.25) is 0 Å². The average Bonchev–Trinajstić information content (AvgIpc) is 2.68. The standard InChI is InChI=1S/C20H18BrN3O3/c1-26-17-9-12-7-8-24-16(13(12)10-18(17)27-2)11-19(23-20(24)25)22-15-6-4-3-5-14(15)21/h3-6,9-11H,7-8H2,1-2H3,(H,22,23,25). The number of methoxy groups -OCH3 is 2. The Hall–Kier alpha value is -2.80. The summed E-state index contributed by atoms with van der Waals surface area (Å²) in [7, 11) is 3.22. The Morgan fingerprint density at radius 2 is 1.85 bits per heavy atom. The summed E-state index contributed by atoms with van der Waals surface area (Å²) in [5.74, 6) is 1.82. The second-order valence-electron chi connectivity index (χ2n) is 6.18. The van der Waals surface area contributed by atoms with Gasteiger partial charge in [0, 0.05) is 22.6 Å². The van der Waals surface area contributed by atoms with Crippen LogP contribution in [0.1, 0.15) is 5.56 Å². The second-order valence-corrected chi connectivity index (χ2v) is 7.03. The molecule has 0 unspecified atom stereocenters. The van der Waals surface area contributed by atoms with Gasteiger partial charge in [-0.25, -0.2) is 4.79 Å². The molecule has 0 amide bonds. The highest BCUT2D eigenvalue weighted by Gasteiger charge is 2.21. The summed E-state index contributed by atoms with van der Waals surface area (Å²) in [6.07, 6.45) is 0.737. The van der Waals surface area contributed by atoms with E-state index in [4.69, 9.17) is 9.47 Å². The van der Waals surface area contributed by atoms with Gasteiger partial charge in [-0.2, -0.15) is 4.98 Å². The van der Waals surface area contributed by atoms with Crippen molar-refractivity contribution in [1.82, 2.24) is 9.55 Å². The number of hydrogen-bond donors (Lipinski definition) is 1. The van der Waals surface area contributed by atoms with E-state index in [0.717, 1.165) is 33.4 Å². The Morgan fingerprint density at radius 1 is 1.11 bits per heavy atom. The summed E-state index contributed by atoms with van der Waals surface area (Å²) >= 11 is 3.50. The van der Waals surface area contributed by atoms with Crippen LogP contribution in [0.15, 0.2) is 51.7 Å². The minimum absolute atomic E-state index is 0.275. The molecular weight excluding hydrogens is 410 g/mol. The zero-order valence-corrected chi connectivity index (χ0v) is 16.5. The van der Waals surface area contributed by atoms with Crippen LogP contribution in [0.3, 0.4) is 0 Å². The molecule has 4 rings (SSSR count). The van der Waals surface area contributed by atoms with Crippen molar-refractivity contribution in [3.63, 3.8) is 0 Å². The normalized spacial score (nSPS) is 12.1. The van der Waals surface area contributed by atoms with Gasteiger partial charge in [-0.15, -0.1) is 0 Å². The molecule has 0 aliphatic carbocycles. The van der Waals surface area contributed by atoms with Crippen LogP contribution in [0.4, 0.5) is 11.5 Å². The highest BCUT2D eigenvalue weighted by Crippen LogP contribution is 2.38. The molecule has 2 heterocycles. The molecule has 7 heteroatoms. The molecule has 1 aliphatic rings. The third-order valence-electron chi connectivity index (χ3n) is 4.64. The van der Waals surface area contributed by atoms with Crippen LogP contribution >= 0.6 is 15.9 Å². The van der Waals surface area contributed by atoms with Gasteiger partial charge in [0.15, 0.2) is 11.5 Å². The number of hydrogen-bond acceptors (Lipinski definition) is 5. The third-order valence-corrected chi connectivity index (χ3v) is 5.33. The van der Waals surface area contributed by atoms with E-state index in [1.54, 1.807) is 18.8 Å². The highest BCUT2D eigenvalue weighted by molar-refractivity contribution is 9.10. The van der Waals surface area contributed by atoms with Crippen LogP contribution in [0, 0.1) is 0 Å². The second kappa shape index (κ2) is 7.08. The minimum Gasteiger partial charge on any atom is -0.493 e. The van der Waals surface area contributed by atoms with Gasteiger partial charge in [-0.1, -0.05) is 12.1 Å². The SMILES string of the molecule is COc1cc2c(cc1OC)-c1cc(Nc3ccccc3Br)nc(=O)n1CC2. The van der Waals surface area contributed by atoms with E-state index < -0.39 is 0 Å². The fourth-order valence-corrected chi connectivity index (χ4v) is 3.69. The first-order valence-electron chi connectivity index (χ1n) is 8.49. The lowest BCUT2D eigenvalue weighted by atomic mass is 9.97. The summed E-state index contributed by atoms with van der Waals surface area (Å²) in [5, 5.41) is 3.22. The van der Waals surface area contributed by atoms with Crippen molar-refractivity contribution in [2.45, 2.75) is 13.0 Å². The van der Waals surface area contributed by atoms with E-state index in [1.165, 1.54) is 0 Å². The maximum atomic E-state index is 12.6. The monoisotopic (exact) mass is 427 g/mol. The van der Waals surface area contributed by atoms with Crippen molar-refractivity contribution in [3.8, 4) is 22.8 Å². The number of rotatable bonds is 4. The molecule has 1 aliphatic heterocycles. The van der Waals surface area contributed by atoms with Crippen molar-refractivity contribution in [3.05, 3.63) is 63.0 Å². The maximum absolute atomic E-state index is 12.6. The van der Waals surface area contributed by atoms with E-state index in [0.29, 0.717) is 23.9 Å². The lowest BCUT2D eigenvalue weighted by molar-refractivity contribution is 0.354. The molecule has 6 nitrogen and oxygen atoms in total. The van der Waals surface area contributed by atoms with Crippen molar-refractivity contribution in [1.29, 1.82) is 0 Å². The molecule has 0 saturated heterocycles. The van der Waals surface area contributed by atoms with Crippen LogP contribution in [0.5, 0.6) is 11.5 Å². The Balaban J connectivity index is 1.83. The van der Waals surface area contributed by atoms with Crippen molar-refractivity contribution >= 4 is 27.4 Å². The van der Waals surface area contributed by atoms with Crippen molar-refractivity contribution < 1.29 is 9.47 Å². The number of ether oxygens (including phenoxy) is 2. The molecule has 0 atom stereocenters. The van der Waals surface area contributed by atoms with Gasteiger partial charge in [0.05, 0.1) is 25.6 Å². The van der Waals surface area contributed by atoms with Crippen LogP contribution < -0.4 is 20.5 Å². The van der Waals surface area contributed by atoms with Gasteiger partial charge in [-0.3, -0.25) is 4.57 Å². The van der Waals surface area contributed by atoms with E-state index in [9.17, 15) is 4.79 Å². The third kappa shape index (κ3) is 3.19. The van der Waals surface area contributed by atoms with Crippen molar-refractivity contribution in [2.75, 3.05) is 19.5 Å². The number of nitrogens with zero attached hydrogens (tertiary/aromatic N) is 2. The summed E-state index contributed by atoms with van der Waals surface area (Å²) in [4.78, 5) is 16.8. The topological polar surface area (TPSA) is 65.4 Å². The van der Waals surface area contributed by atoms with Crippen LogP contribution in [-0.4, -0.2) is 23.8 Å². The fourth-order valence-electron chi connectivity index (χ4n) is 3.31. The first-order valence-corrected chi connectivity index (χ1v) is 9.28. The van der Waals surface area contributed by atoms with Crippen molar-refractivity contribution in [2.24, 2.45) is 0 Å².